The molecule has 0 N–H and O–H groups in total. The van der Waals surface area contributed by atoms with Crippen LogP contribution in [-0.4, -0.2) is 74.7 Å². The largest absolute Gasteiger partial charge is 0.416 e. The Balaban J connectivity index is 1.71. The molecule has 1 aliphatic heterocycles. The molecule has 1 aliphatic carbocycles. The van der Waals surface area contributed by atoms with E-state index in [0.717, 1.165) is 17.1 Å². The SMILES string of the molecule is CN(CC1CC1)C(=O)CN1CCN(S(=O)(=O)c2cc(C(F)(F)F)cc(C(F)(F)F)c2)CC1. The molecule has 13 heteroatoms. The van der Waals surface area contributed by atoms with Gasteiger partial charge in [-0.3, -0.25) is 9.69 Å². The van der Waals surface area contributed by atoms with Crippen LogP contribution in [0.3, 0.4) is 0 Å². The molecule has 32 heavy (non-hydrogen) atoms. The summed E-state index contributed by atoms with van der Waals surface area (Å²) >= 11 is 0. The number of amides is 1. The van der Waals surface area contributed by atoms with Crippen LogP contribution in [0.1, 0.15) is 24.0 Å². The van der Waals surface area contributed by atoms with Gasteiger partial charge < -0.3 is 4.90 Å². The number of carbonyl (C=O) groups excluding carboxylic acids is 1. The number of hydrogen-bond donors (Lipinski definition) is 0. The van der Waals surface area contributed by atoms with Gasteiger partial charge in [0.2, 0.25) is 15.9 Å². The number of likely N-dealkylation sites (N-methyl/N-ethyl adjacent to an activating group) is 1. The van der Waals surface area contributed by atoms with Gasteiger partial charge in [0, 0.05) is 39.8 Å². The second kappa shape index (κ2) is 8.82. The number of piperazine rings is 1. The van der Waals surface area contributed by atoms with Gasteiger partial charge in [0.25, 0.3) is 0 Å². The summed E-state index contributed by atoms with van der Waals surface area (Å²) in [5.74, 6) is 0.390. The summed E-state index contributed by atoms with van der Waals surface area (Å²) < 4.78 is 105. The molecular weight excluding hydrogens is 464 g/mol. The van der Waals surface area contributed by atoms with E-state index in [0.29, 0.717) is 12.5 Å². The molecule has 0 atom stereocenters. The van der Waals surface area contributed by atoms with Crippen molar-refractivity contribution in [1.82, 2.24) is 14.1 Å². The fourth-order valence-electron chi connectivity index (χ4n) is 3.45. The number of hydrogen-bond acceptors (Lipinski definition) is 4. The minimum absolute atomic E-state index is 0.0683. The van der Waals surface area contributed by atoms with Crippen molar-refractivity contribution in [2.45, 2.75) is 30.1 Å². The number of alkyl halides is 6. The lowest BCUT2D eigenvalue weighted by Crippen LogP contribution is -2.51. The van der Waals surface area contributed by atoms with Gasteiger partial charge in [-0.05, 0) is 37.0 Å². The summed E-state index contributed by atoms with van der Waals surface area (Å²) in [5, 5.41) is 0. The fourth-order valence-corrected chi connectivity index (χ4v) is 4.95. The van der Waals surface area contributed by atoms with Gasteiger partial charge >= 0.3 is 12.4 Å². The molecule has 1 aromatic carbocycles. The smallest absolute Gasteiger partial charge is 0.344 e. The zero-order chi connectivity index (χ0) is 23.9. The number of nitrogens with zero attached hydrogens (tertiary/aromatic N) is 3. The van der Waals surface area contributed by atoms with E-state index in [1.165, 1.54) is 0 Å². The molecular formula is C19H23F6N3O3S. The lowest BCUT2D eigenvalue weighted by Gasteiger charge is -2.34. The zero-order valence-electron chi connectivity index (χ0n) is 17.2. The van der Waals surface area contributed by atoms with Crippen molar-refractivity contribution in [3.63, 3.8) is 0 Å². The Kier molecular flexibility index (Phi) is 6.83. The normalized spacial score (nSPS) is 19.2. The van der Waals surface area contributed by atoms with Crippen LogP contribution in [0.5, 0.6) is 0 Å². The monoisotopic (exact) mass is 487 g/mol. The van der Waals surface area contributed by atoms with E-state index >= 15 is 0 Å². The topological polar surface area (TPSA) is 60.9 Å². The molecule has 2 fully saturated rings. The first kappa shape index (κ1) is 24.8. The van der Waals surface area contributed by atoms with Gasteiger partial charge in [-0.1, -0.05) is 0 Å². The van der Waals surface area contributed by atoms with E-state index in [1.54, 1.807) is 16.8 Å². The van der Waals surface area contributed by atoms with Gasteiger partial charge in [0.05, 0.1) is 22.6 Å². The molecule has 1 saturated carbocycles. The predicted octanol–water partition coefficient (Wildman–Crippen LogP) is 2.90. The number of sulfonamides is 1. The number of halogens is 6. The molecule has 3 rings (SSSR count). The van der Waals surface area contributed by atoms with Crippen molar-refractivity contribution in [1.29, 1.82) is 0 Å². The van der Waals surface area contributed by atoms with Crippen molar-refractivity contribution in [3.8, 4) is 0 Å². The summed E-state index contributed by atoms with van der Waals surface area (Å²) in [5.41, 5.74) is -3.37. The van der Waals surface area contributed by atoms with E-state index < -0.39 is 38.4 Å². The summed E-state index contributed by atoms with van der Waals surface area (Å²) in [6.07, 6.45) is -8.12. The van der Waals surface area contributed by atoms with Gasteiger partial charge in [-0.2, -0.15) is 30.6 Å². The first-order chi connectivity index (χ1) is 14.7. The molecule has 1 amide bonds. The number of rotatable bonds is 6. The third kappa shape index (κ3) is 5.93. The quantitative estimate of drug-likeness (QED) is 0.579. The van der Waals surface area contributed by atoms with Crippen molar-refractivity contribution >= 4 is 15.9 Å². The predicted molar refractivity (Wildman–Crippen MR) is 102 cm³/mol. The first-order valence-corrected chi connectivity index (χ1v) is 11.4. The highest BCUT2D eigenvalue weighted by Crippen LogP contribution is 2.38. The van der Waals surface area contributed by atoms with E-state index in [9.17, 15) is 39.6 Å². The van der Waals surface area contributed by atoms with Crippen LogP contribution in [0, 0.1) is 5.92 Å². The van der Waals surface area contributed by atoms with Crippen molar-refractivity contribution in [2.24, 2.45) is 5.92 Å². The lowest BCUT2D eigenvalue weighted by molar-refractivity contribution is -0.143. The molecule has 180 valence electrons. The average molecular weight is 487 g/mol. The maximum Gasteiger partial charge on any atom is 0.416 e. The third-order valence-corrected chi connectivity index (χ3v) is 7.42. The van der Waals surface area contributed by atoms with Crippen molar-refractivity contribution in [3.05, 3.63) is 29.3 Å². The summed E-state index contributed by atoms with van der Waals surface area (Å²) in [6, 6.07) is 0.321. The van der Waals surface area contributed by atoms with E-state index in [1.807, 2.05) is 0 Å². The van der Waals surface area contributed by atoms with Crippen molar-refractivity contribution < 1.29 is 39.6 Å². The minimum Gasteiger partial charge on any atom is -0.344 e. The standard InChI is InChI=1S/C19H23F6N3O3S/c1-26(11-13-2-3-13)17(29)12-27-4-6-28(7-5-27)32(30,31)16-9-14(18(20,21)22)8-15(10-16)19(23,24)25/h8-10,13H,2-7,11-12H2,1H3. The number of benzene rings is 1. The molecule has 0 radical (unpaired) electrons. The molecule has 1 aromatic rings. The van der Waals surface area contributed by atoms with Gasteiger partial charge in [0.1, 0.15) is 0 Å². The van der Waals surface area contributed by atoms with Crippen LogP contribution in [0.15, 0.2) is 23.1 Å². The second-order valence-electron chi connectivity index (χ2n) is 8.14. The maximum atomic E-state index is 13.1. The Labute approximate surface area is 181 Å². The Morgan fingerprint density at radius 2 is 1.47 bits per heavy atom. The van der Waals surface area contributed by atoms with Crippen LogP contribution >= 0.6 is 0 Å². The van der Waals surface area contributed by atoms with Crippen LogP contribution in [0.2, 0.25) is 0 Å². The van der Waals surface area contributed by atoms with E-state index in [2.05, 4.69) is 0 Å². The fraction of sp³-hybridized carbons (Fsp3) is 0.632. The average Bonchev–Trinajstić information content (AvgIpc) is 3.50. The van der Waals surface area contributed by atoms with Gasteiger partial charge in [0.15, 0.2) is 0 Å². The highest BCUT2D eigenvalue weighted by Gasteiger charge is 2.39. The molecule has 1 heterocycles. The molecule has 0 unspecified atom stereocenters. The van der Waals surface area contributed by atoms with Crippen molar-refractivity contribution in [2.75, 3.05) is 46.3 Å². The highest BCUT2D eigenvalue weighted by atomic mass is 32.2. The van der Waals surface area contributed by atoms with Gasteiger partial charge in [-0.15, -0.1) is 0 Å². The minimum atomic E-state index is -5.14. The second-order valence-corrected chi connectivity index (χ2v) is 10.1. The van der Waals surface area contributed by atoms with Crippen LogP contribution in [-0.2, 0) is 27.2 Å². The van der Waals surface area contributed by atoms with Crippen LogP contribution in [0.25, 0.3) is 0 Å². The molecule has 1 saturated heterocycles. The summed E-state index contributed by atoms with van der Waals surface area (Å²) in [6.45, 7) is 0.683. The summed E-state index contributed by atoms with van der Waals surface area (Å²) in [7, 11) is -2.90. The van der Waals surface area contributed by atoms with Gasteiger partial charge in [-0.25, -0.2) is 8.42 Å². The Hall–Kier alpha value is -1.86. The van der Waals surface area contributed by atoms with Crippen LogP contribution in [0.4, 0.5) is 26.3 Å². The Morgan fingerprint density at radius 3 is 1.91 bits per heavy atom. The lowest BCUT2D eigenvalue weighted by atomic mass is 10.1. The molecule has 6 nitrogen and oxygen atoms in total. The maximum absolute atomic E-state index is 13.1. The van der Waals surface area contributed by atoms with E-state index in [-0.39, 0.29) is 56.8 Å². The molecule has 0 aromatic heterocycles. The van der Waals surface area contributed by atoms with E-state index in [4.69, 9.17) is 0 Å². The van der Waals surface area contributed by atoms with Crippen LogP contribution < -0.4 is 0 Å². The molecule has 2 aliphatic rings. The third-order valence-electron chi connectivity index (χ3n) is 5.54. The number of carbonyl (C=O) groups is 1. The summed E-state index contributed by atoms with van der Waals surface area (Å²) in [4.78, 5) is 14.5. The highest BCUT2D eigenvalue weighted by molar-refractivity contribution is 7.89. The first-order valence-electron chi connectivity index (χ1n) is 9.94. The Morgan fingerprint density at radius 1 is 0.969 bits per heavy atom. The Bertz CT molecular complexity index is 920. The molecule has 0 bridgehead atoms. The molecule has 0 spiro atoms. The zero-order valence-corrected chi connectivity index (χ0v) is 18.0.